The van der Waals surface area contributed by atoms with E-state index in [9.17, 15) is 0 Å². The Bertz CT molecular complexity index is 217. The van der Waals surface area contributed by atoms with Crippen LogP contribution in [0.1, 0.15) is 34.1 Å². The molecule has 0 aromatic rings. The van der Waals surface area contributed by atoms with Gasteiger partial charge in [0.2, 0.25) is 0 Å². The second-order valence-electron chi connectivity index (χ2n) is 5.13. The van der Waals surface area contributed by atoms with Gasteiger partial charge in [-0.2, -0.15) is 0 Å². The van der Waals surface area contributed by atoms with Gasteiger partial charge in [0.25, 0.3) is 0 Å². The van der Waals surface area contributed by atoms with Crippen LogP contribution in [0.15, 0.2) is 12.2 Å². The van der Waals surface area contributed by atoms with Gasteiger partial charge < -0.3 is 0 Å². The van der Waals surface area contributed by atoms with Crippen molar-refractivity contribution in [3.63, 3.8) is 0 Å². The lowest BCUT2D eigenvalue weighted by molar-refractivity contribution is 0.192. The Hall–Kier alpha value is -0.300. The summed E-state index contributed by atoms with van der Waals surface area (Å²) in [5.74, 6) is 1.73. The number of nitrogens with zero attached hydrogens (tertiary/aromatic N) is 1. The summed E-state index contributed by atoms with van der Waals surface area (Å²) in [6.07, 6.45) is 6.22. The van der Waals surface area contributed by atoms with Gasteiger partial charge in [0, 0.05) is 18.1 Å². The molecule has 2 bridgehead atoms. The molecule has 2 heterocycles. The first-order chi connectivity index (χ1) is 6.11. The van der Waals surface area contributed by atoms with Crippen LogP contribution in [-0.4, -0.2) is 23.0 Å². The third kappa shape index (κ3) is 1.34. The van der Waals surface area contributed by atoms with E-state index in [1.54, 1.807) is 0 Å². The van der Waals surface area contributed by atoms with Crippen molar-refractivity contribution in [3.05, 3.63) is 12.2 Å². The SMILES string of the molecule is CC(C)C1CC2C=CC1N2C(C)C. The summed E-state index contributed by atoms with van der Waals surface area (Å²) >= 11 is 0. The van der Waals surface area contributed by atoms with Gasteiger partial charge >= 0.3 is 0 Å². The molecule has 0 radical (unpaired) electrons. The van der Waals surface area contributed by atoms with Crippen LogP contribution < -0.4 is 0 Å². The predicted molar refractivity (Wildman–Crippen MR) is 56.6 cm³/mol. The number of hydrogen-bond donors (Lipinski definition) is 0. The molecule has 3 unspecified atom stereocenters. The van der Waals surface area contributed by atoms with Gasteiger partial charge in [0.15, 0.2) is 0 Å². The molecular weight excluding hydrogens is 158 g/mol. The van der Waals surface area contributed by atoms with Crippen molar-refractivity contribution in [2.75, 3.05) is 0 Å². The van der Waals surface area contributed by atoms with Gasteiger partial charge in [0.1, 0.15) is 0 Å². The fraction of sp³-hybridized carbons (Fsp3) is 0.833. The van der Waals surface area contributed by atoms with Gasteiger partial charge in [-0.1, -0.05) is 26.0 Å². The molecule has 0 aromatic carbocycles. The van der Waals surface area contributed by atoms with Crippen molar-refractivity contribution in [2.24, 2.45) is 11.8 Å². The number of hydrogen-bond acceptors (Lipinski definition) is 1. The quantitative estimate of drug-likeness (QED) is 0.589. The molecule has 0 N–H and O–H groups in total. The molecule has 2 rings (SSSR count). The van der Waals surface area contributed by atoms with E-state index in [2.05, 4.69) is 44.7 Å². The van der Waals surface area contributed by atoms with Crippen molar-refractivity contribution in [1.29, 1.82) is 0 Å². The first-order valence-corrected chi connectivity index (χ1v) is 5.57. The zero-order chi connectivity index (χ0) is 9.59. The molecule has 3 atom stereocenters. The number of rotatable bonds is 2. The van der Waals surface area contributed by atoms with Crippen LogP contribution >= 0.6 is 0 Å². The van der Waals surface area contributed by atoms with Crippen LogP contribution in [0, 0.1) is 11.8 Å². The summed E-state index contributed by atoms with van der Waals surface area (Å²) in [6, 6.07) is 2.19. The highest BCUT2D eigenvalue weighted by Crippen LogP contribution is 2.41. The minimum atomic E-state index is 0.703. The molecule has 1 fully saturated rings. The maximum atomic E-state index is 2.67. The largest absolute Gasteiger partial charge is 0.288 e. The summed E-state index contributed by atoms with van der Waals surface area (Å²) in [5, 5.41) is 0. The summed E-state index contributed by atoms with van der Waals surface area (Å²) in [6.45, 7) is 9.35. The zero-order valence-electron chi connectivity index (χ0n) is 9.20. The van der Waals surface area contributed by atoms with Crippen molar-refractivity contribution < 1.29 is 0 Å². The third-order valence-corrected chi connectivity index (χ3v) is 3.66. The Balaban J connectivity index is 2.14. The predicted octanol–water partition coefficient (Wildman–Crippen LogP) is 2.68. The molecule has 1 saturated heterocycles. The molecule has 0 aromatic heterocycles. The lowest BCUT2D eigenvalue weighted by Crippen LogP contribution is -2.37. The van der Waals surface area contributed by atoms with Gasteiger partial charge in [-0.25, -0.2) is 0 Å². The highest BCUT2D eigenvalue weighted by Gasteiger charge is 2.44. The first-order valence-electron chi connectivity index (χ1n) is 5.57. The van der Waals surface area contributed by atoms with Crippen LogP contribution in [0.2, 0.25) is 0 Å². The van der Waals surface area contributed by atoms with E-state index in [1.807, 2.05) is 0 Å². The molecule has 2 aliphatic heterocycles. The average molecular weight is 179 g/mol. The fourth-order valence-electron chi connectivity index (χ4n) is 3.04. The molecule has 1 heteroatoms. The van der Waals surface area contributed by atoms with Crippen LogP contribution in [0.4, 0.5) is 0 Å². The highest BCUT2D eigenvalue weighted by atomic mass is 15.2. The van der Waals surface area contributed by atoms with E-state index < -0.39 is 0 Å². The molecule has 0 saturated carbocycles. The van der Waals surface area contributed by atoms with Crippen LogP contribution in [0.25, 0.3) is 0 Å². The summed E-state index contributed by atoms with van der Waals surface area (Å²) in [7, 11) is 0. The third-order valence-electron chi connectivity index (χ3n) is 3.66. The smallest absolute Gasteiger partial charge is 0.0318 e. The lowest BCUT2D eigenvalue weighted by Gasteiger charge is -2.28. The Morgan fingerprint density at radius 3 is 2.23 bits per heavy atom. The summed E-state index contributed by atoms with van der Waals surface area (Å²) < 4.78 is 0. The molecule has 2 aliphatic rings. The Morgan fingerprint density at radius 2 is 1.85 bits per heavy atom. The Kier molecular flexibility index (Phi) is 2.23. The van der Waals surface area contributed by atoms with Crippen molar-refractivity contribution in [3.8, 4) is 0 Å². The van der Waals surface area contributed by atoms with E-state index in [1.165, 1.54) is 6.42 Å². The maximum absolute atomic E-state index is 2.67. The Morgan fingerprint density at radius 1 is 1.15 bits per heavy atom. The van der Waals surface area contributed by atoms with Crippen LogP contribution in [0.5, 0.6) is 0 Å². The monoisotopic (exact) mass is 179 g/mol. The van der Waals surface area contributed by atoms with Crippen LogP contribution in [-0.2, 0) is 0 Å². The fourth-order valence-corrected chi connectivity index (χ4v) is 3.04. The van der Waals surface area contributed by atoms with E-state index in [4.69, 9.17) is 0 Å². The van der Waals surface area contributed by atoms with Crippen molar-refractivity contribution in [1.82, 2.24) is 4.90 Å². The van der Waals surface area contributed by atoms with Gasteiger partial charge in [-0.15, -0.1) is 0 Å². The van der Waals surface area contributed by atoms with Gasteiger partial charge in [0.05, 0.1) is 0 Å². The standard InChI is InChI=1S/C12H21N/c1-8(2)11-7-10-5-6-12(11)13(10)9(3)4/h5-6,8-12H,7H2,1-4H3. The number of fused-ring (bicyclic) bond motifs is 2. The van der Waals surface area contributed by atoms with Gasteiger partial charge in [-0.05, 0) is 32.1 Å². The lowest BCUT2D eigenvalue weighted by atomic mass is 9.85. The van der Waals surface area contributed by atoms with E-state index in [0.29, 0.717) is 6.04 Å². The molecule has 74 valence electrons. The average Bonchev–Trinajstić information content (AvgIpc) is 2.58. The first kappa shape index (κ1) is 9.26. The maximum Gasteiger partial charge on any atom is 0.0318 e. The van der Waals surface area contributed by atoms with E-state index in [0.717, 1.165) is 23.9 Å². The van der Waals surface area contributed by atoms with Gasteiger partial charge in [-0.3, -0.25) is 4.90 Å². The van der Waals surface area contributed by atoms with Crippen LogP contribution in [0.3, 0.4) is 0 Å². The van der Waals surface area contributed by atoms with E-state index in [-0.39, 0.29) is 0 Å². The highest BCUT2D eigenvalue weighted by molar-refractivity contribution is 5.19. The molecule has 0 spiro atoms. The minimum Gasteiger partial charge on any atom is -0.288 e. The molecule has 13 heavy (non-hydrogen) atoms. The zero-order valence-corrected chi connectivity index (χ0v) is 9.20. The topological polar surface area (TPSA) is 3.24 Å². The Labute approximate surface area is 81.8 Å². The minimum absolute atomic E-state index is 0.703. The molecule has 0 amide bonds. The van der Waals surface area contributed by atoms with E-state index >= 15 is 0 Å². The molecule has 1 nitrogen and oxygen atoms in total. The molecule has 0 aliphatic carbocycles. The second kappa shape index (κ2) is 3.13. The molecular formula is C12H21N. The summed E-state index contributed by atoms with van der Waals surface area (Å²) in [4.78, 5) is 2.67. The van der Waals surface area contributed by atoms with Crippen molar-refractivity contribution in [2.45, 2.75) is 52.2 Å². The second-order valence-corrected chi connectivity index (χ2v) is 5.13. The normalized spacial score (nSPS) is 38.5. The summed E-state index contributed by atoms with van der Waals surface area (Å²) in [5.41, 5.74) is 0. The van der Waals surface area contributed by atoms with Crippen molar-refractivity contribution >= 4 is 0 Å².